The van der Waals surface area contributed by atoms with Crippen LogP contribution in [0, 0.1) is 0 Å². The van der Waals surface area contributed by atoms with Gasteiger partial charge in [0.1, 0.15) is 11.0 Å². The summed E-state index contributed by atoms with van der Waals surface area (Å²) in [6.45, 7) is 0.444. The molecular formula is C22H23F2NO4S. The number of halogens is 2. The van der Waals surface area contributed by atoms with E-state index in [0.717, 1.165) is 11.0 Å². The third kappa shape index (κ3) is 5.12. The van der Waals surface area contributed by atoms with Crippen molar-refractivity contribution in [3.05, 3.63) is 69.9 Å². The Hall–Kier alpha value is -2.58. The van der Waals surface area contributed by atoms with Crippen molar-refractivity contribution in [2.24, 2.45) is 0 Å². The molecule has 1 amide bonds. The molecule has 3 rings (SSSR count). The minimum Gasteiger partial charge on any atom is -0.477 e. The molecule has 0 aliphatic carbocycles. The average molecular weight is 435 g/mol. The minimum atomic E-state index is -3.42. The van der Waals surface area contributed by atoms with E-state index in [1.807, 2.05) is 0 Å². The van der Waals surface area contributed by atoms with Gasteiger partial charge in [-0.3, -0.25) is 4.79 Å². The molecule has 30 heavy (non-hydrogen) atoms. The molecule has 1 saturated heterocycles. The van der Waals surface area contributed by atoms with Crippen molar-refractivity contribution in [3.63, 3.8) is 0 Å². The molecule has 1 aromatic heterocycles. The first-order chi connectivity index (χ1) is 14.3. The summed E-state index contributed by atoms with van der Waals surface area (Å²) in [7, 11) is 0. The molecule has 2 atom stereocenters. The van der Waals surface area contributed by atoms with E-state index in [1.165, 1.54) is 41.7 Å². The molecule has 0 bridgehead atoms. The van der Waals surface area contributed by atoms with Crippen molar-refractivity contribution in [3.8, 4) is 0 Å². The van der Waals surface area contributed by atoms with Gasteiger partial charge in [0.15, 0.2) is 0 Å². The maximum absolute atomic E-state index is 14.4. The highest BCUT2D eigenvalue weighted by molar-refractivity contribution is 7.13. The molecular weight excluding hydrogens is 412 g/mol. The van der Waals surface area contributed by atoms with Crippen LogP contribution in [0.3, 0.4) is 0 Å². The fourth-order valence-electron chi connectivity index (χ4n) is 3.48. The molecule has 160 valence electrons. The molecule has 0 radical (unpaired) electrons. The lowest BCUT2D eigenvalue weighted by atomic mass is 10.0. The number of aliphatic hydroxyl groups is 1. The monoisotopic (exact) mass is 435 g/mol. The topological polar surface area (TPSA) is 77.8 Å². The second-order valence-corrected chi connectivity index (χ2v) is 8.35. The molecule has 1 fully saturated rings. The fraction of sp³-hybridized carbons (Fsp3) is 0.364. The van der Waals surface area contributed by atoms with Gasteiger partial charge in [0.25, 0.3) is 0 Å². The van der Waals surface area contributed by atoms with Crippen molar-refractivity contribution in [2.75, 3.05) is 6.54 Å². The highest BCUT2D eigenvalue weighted by atomic mass is 32.1. The minimum absolute atomic E-state index is 0.0497. The second-order valence-electron chi connectivity index (χ2n) is 7.19. The number of hydrogen-bond acceptors (Lipinski definition) is 4. The van der Waals surface area contributed by atoms with Crippen molar-refractivity contribution in [2.45, 2.75) is 43.8 Å². The smallest absolute Gasteiger partial charge is 0.345 e. The van der Waals surface area contributed by atoms with Gasteiger partial charge < -0.3 is 15.1 Å². The molecule has 5 nitrogen and oxygen atoms in total. The molecule has 1 aliphatic heterocycles. The Morgan fingerprint density at radius 3 is 2.67 bits per heavy atom. The number of alkyl halides is 2. The number of likely N-dealkylation sites (tertiary alicyclic amines) is 1. The number of amides is 1. The standard InChI is InChI=1S/C22H23F2NO4S/c23-22(24,15-5-2-1-3-6-15)19(26)12-8-16-9-13-20(27)25(16)14-4-7-17-10-11-18(30-17)21(28)29/h1-3,5-6,8,10-12,16,19,26H,4,7,9,13-14H2,(H,28,29)/t16-,19?/m0/s1. The van der Waals surface area contributed by atoms with E-state index in [4.69, 9.17) is 5.11 Å². The summed E-state index contributed by atoms with van der Waals surface area (Å²) in [6, 6.07) is 10.1. The predicted octanol–water partition coefficient (Wildman–Crippen LogP) is 4.08. The van der Waals surface area contributed by atoms with Crippen molar-refractivity contribution >= 4 is 23.2 Å². The zero-order valence-corrected chi connectivity index (χ0v) is 17.0. The van der Waals surface area contributed by atoms with Gasteiger partial charge in [0, 0.05) is 23.4 Å². The number of carboxylic acids is 1. The number of carbonyl (C=O) groups is 2. The van der Waals surface area contributed by atoms with Gasteiger partial charge in [0.2, 0.25) is 5.91 Å². The zero-order chi connectivity index (χ0) is 21.7. The summed E-state index contributed by atoms with van der Waals surface area (Å²) in [5, 5.41) is 19.0. The van der Waals surface area contributed by atoms with E-state index in [9.17, 15) is 23.5 Å². The van der Waals surface area contributed by atoms with Crippen LogP contribution in [-0.2, 0) is 17.1 Å². The number of hydrogen-bond donors (Lipinski definition) is 2. The first kappa shape index (κ1) is 22.1. The molecule has 1 aliphatic rings. The Balaban J connectivity index is 1.58. The Morgan fingerprint density at radius 2 is 2.00 bits per heavy atom. The number of carboxylic acid groups (broad SMARTS) is 1. The number of nitrogens with zero attached hydrogens (tertiary/aromatic N) is 1. The Morgan fingerprint density at radius 1 is 1.27 bits per heavy atom. The van der Waals surface area contributed by atoms with E-state index >= 15 is 0 Å². The number of benzene rings is 1. The van der Waals surface area contributed by atoms with Crippen LogP contribution in [-0.4, -0.2) is 45.7 Å². The summed E-state index contributed by atoms with van der Waals surface area (Å²) in [5.74, 6) is -4.44. The van der Waals surface area contributed by atoms with E-state index in [0.29, 0.717) is 32.2 Å². The Kier molecular flexibility index (Phi) is 6.99. The number of aliphatic hydroxyl groups excluding tert-OH is 1. The molecule has 0 spiro atoms. The fourth-order valence-corrected chi connectivity index (χ4v) is 4.37. The Labute approximate surface area is 177 Å². The van der Waals surface area contributed by atoms with E-state index in [2.05, 4.69) is 0 Å². The van der Waals surface area contributed by atoms with E-state index < -0.39 is 18.0 Å². The van der Waals surface area contributed by atoms with Crippen LogP contribution in [0.15, 0.2) is 54.6 Å². The van der Waals surface area contributed by atoms with E-state index in [-0.39, 0.29) is 22.4 Å². The van der Waals surface area contributed by atoms with Gasteiger partial charge in [-0.25, -0.2) is 4.79 Å². The molecule has 0 saturated carbocycles. The molecule has 1 aromatic carbocycles. The number of aromatic carboxylic acids is 1. The maximum Gasteiger partial charge on any atom is 0.345 e. The van der Waals surface area contributed by atoms with Crippen LogP contribution in [0.2, 0.25) is 0 Å². The Bertz CT molecular complexity index is 913. The van der Waals surface area contributed by atoms with Gasteiger partial charge in [-0.2, -0.15) is 8.78 Å². The highest BCUT2D eigenvalue weighted by Gasteiger charge is 2.39. The third-order valence-electron chi connectivity index (χ3n) is 5.11. The zero-order valence-electron chi connectivity index (χ0n) is 16.2. The summed E-state index contributed by atoms with van der Waals surface area (Å²) in [6.07, 6.45) is 2.69. The van der Waals surface area contributed by atoms with Crippen LogP contribution < -0.4 is 0 Å². The lowest BCUT2D eigenvalue weighted by molar-refractivity contribution is -0.128. The number of carbonyl (C=O) groups excluding carboxylic acids is 1. The van der Waals surface area contributed by atoms with Crippen molar-refractivity contribution < 1.29 is 28.6 Å². The molecule has 2 heterocycles. The lowest BCUT2D eigenvalue weighted by Crippen LogP contribution is -2.34. The van der Waals surface area contributed by atoms with Crippen molar-refractivity contribution in [1.29, 1.82) is 0 Å². The van der Waals surface area contributed by atoms with Crippen LogP contribution in [0.1, 0.15) is 39.4 Å². The SMILES string of the molecule is O=C(O)c1ccc(CCCN2C(=O)CC[C@@H]2C=CC(O)C(F)(F)c2ccccc2)s1. The van der Waals surface area contributed by atoms with E-state index in [1.54, 1.807) is 23.1 Å². The maximum atomic E-state index is 14.4. The van der Waals surface area contributed by atoms with Crippen LogP contribution in [0.25, 0.3) is 0 Å². The average Bonchev–Trinajstić information content (AvgIpc) is 3.34. The largest absolute Gasteiger partial charge is 0.477 e. The molecule has 2 N–H and O–H groups in total. The van der Waals surface area contributed by atoms with Crippen molar-refractivity contribution in [1.82, 2.24) is 4.90 Å². The van der Waals surface area contributed by atoms with Crippen LogP contribution in [0.5, 0.6) is 0 Å². The quantitative estimate of drug-likeness (QED) is 0.582. The summed E-state index contributed by atoms with van der Waals surface area (Å²) in [4.78, 5) is 26.0. The number of rotatable bonds is 9. The molecule has 8 heteroatoms. The summed E-state index contributed by atoms with van der Waals surface area (Å²) >= 11 is 1.21. The lowest BCUT2D eigenvalue weighted by Gasteiger charge is -2.24. The first-order valence-electron chi connectivity index (χ1n) is 9.70. The molecule has 2 aromatic rings. The number of aryl methyl sites for hydroxylation is 1. The molecule has 1 unspecified atom stereocenters. The predicted molar refractivity (Wildman–Crippen MR) is 110 cm³/mol. The number of thiophene rings is 1. The van der Waals surface area contributed by atoms with Gasteiger partial charge in [0.05, 0.1) is 6.04 Å². The van der Waals surface area contributed by atoms with Gasteiger partial charge in [-0.1, -0.05) is 42.5 Å². The third-order valence-corrected chi connectivity index (χ3v) is 6.25. The summed E-state index contributed by atoms with van der Waals surface area (Å²) < 4.78 is 28.8. The van der Waals surface area contributed by atoms with Gasteiger partial charge in [-0.15, -0.1) is 11.3 Å². The highest BCUT2D eigenvalue weighted by Crippen LogP contribution is 2.33. The second kappa shape index (κ2) is 9.49. The summed E-state index contributed by atoms with van der Waals surface area (Å²) in [5.41, 5.74) is -0.266. The van der Waals surface area contributed by atoms with Gasteiger partial charge in [-0.05, 0) is 31.4 Å². The van der Waals surface area contributed by atoms with Crippen LogP contribution in [0.4, 0.5) is 8.78 Å². The van der Waals surface area contributed by atoms with Crippen LogP contribution >= 0.6 is 11.3 Å². The normalized spacial score (nSPS) is 18.3. The van der Waals surface area contributed by atoms with Gasteiger partial charge >= 0.3 is 11.9 Å². The first-order valence-corrected chi connectivity index (χ1v) is 10.5.